The SMILES string of the molecule is CC([C@@H](O)[C@@H]1Cc2ccccc2CN1)[N+](=O)[O-]. The van der Waals surface area contributed by atoms with Crippen LogP contribution in [0.5, 0.6) is 0 Å². The Balaban J connectivity index is 2.10. The Bertz CT molecular complexity index is 422. The van der Waals surface area contributed by atoms with Crippen LogP contribution in [0.1, 0.15) is 18.1 Å². The number of rotatable bonds is 3. The molecule has 5 heteroatoms. The molecular formula is C12H16N2O3. The Labute approximate surface area is 99.6 Å². The van der Waals surface area contributed by atoms with E-state index in [4.69, 9.17) is 0 Å². The van der Waals surface area contributed by atoms with E-state index in [-0.39, 0.29) is 6.04 Å². The summed E-state index contributed by atoms with van der Waals surface area (Å²) in [5, 5.41) is 23.7. The zero-order valence-corrected chi connectivity index (χ0v) is 9.67. The molecule has 1 unspecified atom stereocenters. The molecule has 0 amide bonds. The van der Waals surface area contributed by atoms with Gasteiger partial charge in [0.25, 0.3) is 0 Å². The molecule has 1 aliphatic rings. The van der Waals surface area contributed by atoms with Crippen LogP contribution >= 0.6 is 0 Å². The van der Waals surface area contributed by atoms with E-state index in [1.54, 1.807) is 0 Å². The van der Waals surface area contributed by atoms with Crippen LogP contribution in [0.3, 0.4) is 0 Å². The molecule has 5 nitrogen and oxygen atoms in total. The molecule has 0 aliphatic carbocycles. The van der Waals surface area contributed by atoms with Gasteiger partial charge in [-0.15, -0.1) is 0 Å². The number of hydrogen-bond acceptors (Lipinski definition) is 4. The van der Waals surface area contributed by atoms with Crippen LogP contribution in [0.15, 0.2) is 24.3 Å². The predicted molar refractivity (Wildman–Crippen MR) is 63.2 cm³/mol. The van der Waals surface area contributed by atoms with E-state index < -0.39 is 17.1 Å². The minimum atomic E-state index is -0.960. The number of hydrogen-bond donors (Lipinski definition) is 2. The Hall–Kier alpha value is -1.46. The van der Waals surface area contributed by atoms with Crippen molar-refractivity contribution in [3.05, 3.63) is 45.5 Å². The Morgan fingerprint density at radius 1 is 1.47 bits per heavy atom. The molecule has 1 aromatic rings. The number of fused-ring (bicyclic) bond motifs is 1. The van der Waals surface area contributed by atoms with Gasteiger partial charge in [0.05, 0.1) is 0 Å². The highest BCUT2D eigenvalue weighted by Gasteiger charge is 2.33. The molecule has 0 fully saturated rings. The largest absolute Gasteiger partial charge is 0.384 e. The lowest BCUT2D eigenvalue weighted by Gasteiger charge is -2.30. The highest BCUT2D eigenvalue weighted by Crippen LogP contribution is 2.19. The molecule has 0 spiro atoms. The van der Waals surface area contributed by atoms with Crippen molar-refractivity contribution in [3.63, 3.8) is 0 Å². The van der Waals surface area contributed by atoms with Gasteiger partial charge in [-0.2, -0.15) is 0 Å². The molecule has 1 aromatic carbocycles. The molecule has 1 heterocycles. The van der Waals surface area contributed by atoms with Gasteiger partial charge in [-0.05, 0) is 17.5 Å². The minimum Gasteiger partial charge on any atom is -0.384 e. The quantitative estimate of drug-likeness (QED) is 0.599. The number of nitrogens with zero attached hydrogens (tertiary/aromatic N) is 1. The van der Waals surface area contributed by atoms with Crippen molar-refractivity contribution in [2.24, 2.45) is 0 Å². The van der Waals surface area contributed by atoms with Gasteiger partial charge in [-0.3, -0.25) is 10.1 Å². The summed E-state index contributed by atoms with van der Waals surface area (Å²) < 4.78 is 0. The van der Waals surface area contributed by atoms with E-state index in [0.717, 1.165) is 5.56 Å². The Morgan fingerprint density at radius 2 is 2.12 bits per heavy atom. The minimum absolute atomic E-state index is 0.245. The first kappa shape index (κ1) is 12.0. The van der Waals surface area contributed by atoms with E-state index in [9.17, 15) is 15.2 Å². The van der Waals surface area contributed by atoms with Crippen molar-refractivity contribution in [2.75, 3.05) is 0 Å². The van der Waals surface area contributed by atoms with Gasteiger partial charge >= 0.3 is 0 Å². The average Bonchev–Trinajstić information content (AvgIpc) is 2.36. The summed E-state index contributed by atoms with van der Waals surface area (Å²) >= 11 is 0. The van der Waals surface area contributed by atoms with Crippen LogP contribution in [0.25, 0.3) is 0 Å². The fourth-order valence-corrected chi connectivity index (χ4v) is 2.18. The number of aliphatic hydroxyl groups excluding tert-OH is 1. The van der Waals surface area contributed by atoms with E-state index >= 15 is 0 Å². The monoisotopic (exact) mass is 236 g/mol. The summed E-state index contributed by atoms with van der Waals surface area (Å²) in [4.78, 5) is 10.2. The second-order valence-corrected chi connectivity index (χ2v) is 4.48. The highest BCUT2D eigenvalue weighted by atomic mass is 16.6. The second kappa shape index (κ2) is 4.81. The molecule has 0 bridgehead atoms. The van der Waals surface area contributed by atoms with Crippen molar-refractivity contribution in [1.82, 2.24) is 5.32 Å². The van der Waals surface area contributed by atoms with Gasteiger partial charge in [-0.25, -0.2) is 0 Å². The van der Waals surface area contributed by atoms with Gasteiger partial charge in [0.1, 0.15) is 6.10 Å². The number of benzene rings is 1. The van der Waals surface area contributed by atoms with Crippen LogP contribution in [-0.2, 0) is 13.0 Å². The smallest absolute Gasteiger partial charge is 0.237 e. The third-order valence-corrected chi connectivity index (χ3v) is 3.35. The molecule has 2 N–H and O–H groups in total. The van der Waals surface area contributed by atoms with Gasteiger partial charge in [0.2, 0.25) is 6.04 Å². The van der Waals surface area contributed by atoms with E-state index in [0.29, 0.717) is 13.0 Å². The molecular weight excluding hydrogens is 220 g/mol. The van der Waals surface area contributed by atoms with E-state index in [2.05, 4.69) is 5.32 Å². The van der Waals surface area contributed by atoms with Gasteiger partial charge in [0, 0.05) is 24.4 Å². The summed E-state index contributed by atoms with van der Waals surface area (Å²) in [6, 6.07) is 6.76. The molecule has 3 atom stereocenters. The first-order valence-electron chi connectivity index (χ1n) is 5.71. The maximum absolute atomic E-state index is 10.6. The number of nitrogens with one attached hydrogen (secondary N) is 1. The Morgan fingerprint density at radius 3 is 2.76 bits per heavy atom. The van der Waals surface area contributed by atoms with Crippen molar-refractivity contribution in [1.29, 1.82) is 0 Å². The third kappa shape index (κ3) is 2.45. The first-order chi connectivity index (χ1) is 8.09. The fraction of sp³-hybridized carbons (Fsp3) is 0.500. The highest BCUT2D eigenvalue weighted by molar-refractivity contribution is 5.30. The topological polar surface area (TPSA) is 75.4 Å². The lowest BCUT2D eigenvalue weighted by Crippen LogP contribution is -2.50. The van der Waals surface area contributed by atoms with Crippen LogP contribution in [0.4, 0.5) is 0 Å². The van der Waals surface area contributed by atoms with Crippen LogP contribution in [0.2, 0.25) is 0 Å². The van der Waals surface area contributed by atoms with Crippen LogP contribution < -0.4 is 5.32 Å². The van der Waals surface area contributed by atoms with Crippen molar-refractivity contribution >= 4 is 0 Å². The van der Waals surface area contributed by atoms with Gasteiger partial charge < -0.3 is 10.4 Å². The normalized spacial score (nSPS) is 22.6. The number of nitro groups is 1. The van der Waals surface area contributed by atoms with E-state index in [1.807, 2.05) is 24.3 Å². The summed E-state index contributed by atoms with van der Waals surface area (Å²) in [6.45, 7) is 2.09. The maximum Gasteiger partial charge on any atom is 0.237 e. The zero-order valence-electron chi connectivity index (χ0n) is 9.67. The van der Waals surface area contributed by atoms with Crippen LogP contribution in [0, 0.1) is 10.1 Å². The molecule has 1 aliphatic heterocycles. The lowest BCUT2D eigenvalue weighted by atomic mass is 9.91. The Kier molecular flexibility index (Phi) is 3.40. The third-order valence-electron chi connectivity index (χ3n) is 3.35. The second-order valence-electron chi connectivity index (χ2n) is 4.48. The van der Waals surface area contributed by atoms with Crippen molar-refractivity contribution in [3.8, 4) is 0 Å². The summed E-state index contributed by atoms with van der Waals surface area (Å²) in [6.07, 6.45) is -0.325. The zero-order chi connectivity index (χ0) is 12.4. The lowest BCUT2D eigenvalue weighted by molar-refractivity contribution is -0.530. The molecule has 0 saturated carbocycles. The van der Waals surface area contributed by atoms with Crippen molar-refractivity contribution in [2.45, 2.75) is 38.1 Å². The maximum atomic E-state index is 10.6. The molecule has 92 valence electrons. The average molecular weight is 236 g/mol. The van der Waals surface area contributed by atoms with Gasteiger partial charge in [0.15, 0.2) is 0 Å². The molecule has 0 saturated heterocycles. The van der Waals surface area contributed by atoms with Crippen molar-refractivity contribution < 1.29 is 10.0 Å². The molecule has 2 rings (SSSR count). The fourth-order valence-electron chi connectivity index (χ4n) is 2.18. The predicted octanol–water partition coefficient (Wildman–Crippen LogP) is 0.727. The standard InChI is InChI=1S/C12H16N2O3/c1-8(14(16)17)12(15)11-6-9-4-2-3-5-10(9)7-13-11/h2-5,8,11-13,15H,6-7H2,1H3/t8?,11-,12+/m0/s1. The summed E-state index contributed by atoms with van der Waals surface area (Å²) in [5.74, 6) is 0. The van der Waals surface area contributed by atoms with E-state index in [1.165, 1.54) is 12.5 Å². The number of aliphatic hydroxyl groups is 1. The molecule has 0 aromatic heterocycles. The summed E-state index contributed by atoms with van der Waals surface area (Å²) in [5.41, 5.74) is 2.36. The first-order valence-corrected chi connectivity index (χ1v) is 5.71. The molecule has 0 radical (unpaired) electrons. The van der Waals surface area contributed by atoms with Gasteiger partial charge in [-0.1, -0.05) is 24.3 Å². The molecule has 17 heavy (non-hydrogen) atoms. The summed E-state index contributed by atoms with van der Waals surface area (Å²) in [7, 11) is 0. The van der Waals surface area contributed by atoms with Crippen LogP contribution in [-0.4, -0.2) is 28.2 Å².